The Bertz CT molecular complexity index is 1090. The molecule has 1 saturated heterocycles. The Balaban J connectivity index is 1.35. The zero-order valence-electron chi connectivity index (χ0n) is 17.6. The molecule has 1 amide bonds. The maximum Gasteiger partial charge on any atom is 0.416 e. The molecule has 0 radical (unpaired) electrons. The van der Waals surface area contributed by atoms with Crippen LogP contribution in [-0.2, 0) is 11.0 Å². The van der Waals surface area contributed by atoms with Gasteiger partial charge in [-0.2, -0.15) is 13.2 Å². The number of rotatable bonds is 4. The minimum atomic E-state index is -4.44. The number of nitrogens with zero attached hydrogens (tertiary/aromatic N) is 3. The summed E-state index contributed by atoms with van der Waals surface area (Å²) in [5, 5.41) is 11.3. The highest BCUT2D eigenvalue weighted by Crippen LogP contribution is 2.31. The van der Waals surface area contributed by atoms with Crippen LogP contribution in [0.2, 0.25) is 0 Å². The smallest absolute Gasteiger partial charge is 0.355 e. The number of anilines is 2. The molecule has 2 heterocycles. The summed E-state index contributed by atoms with van der Waals surface area (Å²) in [6, 6.07) is 16.6. The summed E-state index contributed by atoms with van der Waals surface area (Å²) >= 11 is 0. The molecule has 166 valence electrons. The fourth-order valence-electron chi connectivity index (χ4n) is 3.89. The van der Waals surface area contributed by atoms with E-state index in [1.807, 2.05) is 43.3 Å². The third-order valence-electron chi connectivity index (χ3n) is 5.72. The molecule has 1 N–H and O–H groups in total. The first kappa shape index (κ1) is 21.8. The molecule has 1 fully saturated rings. The first-order valence-electron chi connectivity index (χ1n) is 10.4. The van der Waals surface area contributed by atoms with Gasteiger partial charge in [-0.1, -0.05) is 30.3 Å². The molecule has 5 nitrogen and oxygen atoms in total. The van der Waals surface area contributed by atoms with E-state index in [1.165, 1.54) is 12.1 Å². The van der Waals surface area contributed by atoms with Crippen LogP contribution in [0.1, 0.15) is 24.0 Å². The maximum atomic E-state index is 12.9. The third-order valence-corrected chi connectivity index (χ3v) is 5.72. The molecule has 4 rings (SSSR count). The molecule has 1 aliphatic rings. The second-order valence-electron chi connectivity index (χ2n) is 7.92. The van der Waals surface area contributed by atoms with Crippen LogP contribution in [0.3, 0.4) is 0 Å². The van der Waals surface area contributed by atoms with E-state index in [-0.39, 0.29) is 17.5 Å². The summed E-state index contributed by atoms with van der Waals surface area (Å²) in [6.07, 6.45) is -3.26. The first-order chi connectivity index (χ1) is 15.3. The highest BCUT2D eigenvalue weighted by atomic mass is 19.4. The number of amides is 1. The molecule has 0 unspecified atom stereocenters. The van der Waals surface area contributed by atoms with Crippen LogP contribution in [0.15, 0.2) is 60.7 Å². The van der Waals surface area contributed by atoms with Gasteiger partial charge < -0.3 is 10.2 Å². The van der Waals surface area contributed by atoms with E-state index < -0.39 is 11.7 Å². The van der Waals surface area contributed by atoms with E-state index >= 15 is 0 Å². The van der Waals surface area contributed by atoms with Crippen LogP contribution in [0.25, 0.3) is 11.3 Å². The number of halogens is 3. The van der Waals surface area contributed by atoms with Crippen LogP contribution in [-0.4, -0.2) is 29.2 Å². The molecule has 1 aliphatic heterocycles. The summed E-state index contributed by atoms with van der Waals surface area (Å²) in [7, 11) is 0. The van der Waals surface area contributed by atoms with Crippen molar-refractivity contribution in [3.8, 4) is 11.3 Å². The number of aromatic nitrogens is 2. The van der Waals surface area contributed by atoms with Crippen molar-refractivity contribution in [1.82, 2.24) is 10.2 Å². The number of alkyl halides is 3. The third kappa shape index (κ3) is 4.90. The van der Waals surface area contributed by atoms with E-state index in [2.05, 4.69) is 20.4 Å². The van der Waals surface area contributed by atoms with Crippen molar-refractivity contribution in [3.63, 3.8) is 0 Å². The van der Waals surface area contributed by atoms with Gasteiger partial charge in [-0.25, -0.2) is 0 Å². The Morgan fingerprint density at radius 3 is 2.41 bits per heavy atom. The van der Waals surface area contributed by atoms with Crippen LogP contribution in [0, 0.1) is 12.8 Å². The molecule has 0 spiro atoms. The summed E-state index contributed by atoms with van der Waals surface area (Å²) in [5.74, 6) is 0.226. The average molecular weight is 440 g/mol. The van der Waals surface area contributed by atoms with Gasteiger partial charge in [0, 0.05) is 30.3 Å². The number of nitrogens with one attached hydrogen (secondary N) is 1. The number of hydrogen-bond donors (Lipinski definition) is 1. The number of benzene rings is 2. The zero-order chi connectivity index (χ0) is 22.7. The largest absolute Gasteiger partial charge is 0.416 e. The van der Waals surface area contributed by atoms with E-state index in [0.717, 1.165) is 34.8 Å². The summed E-state index contributed by atoms with van der Waals surface area (Å²) in [6.45, 7) is 3.28. The van der Waals surface area contributed by atoms with Crippen molar-refractivity contribution in [2.45, 2.75) is 25.9 Å². The zero-order valence-corrected chi connectivity index (χ0v) is 17.6. The van der Waals surface area contributed by atoms with Crippen LogP contribution < -0.4 is 10.2 Å². The highest BCUT2D eigenvalue weighted by molar-refractivity contribution is 5.92. The number of hydrogen-bond acceptors (Lipinski definition) is 4. The van der Waals surface area contributed by atoms with Gasteiger partial charge >= 0.3 is 6.18 Å². The lowest BCUT2D eigenvalue weighted by atomic mass is 9.95. The SMILES string of the molecule is Cc1ccccc1-c1ccc(N2CCC(C(=O)Nc3cccc(C(F)(F)F)c3)CC2)nn1. The van der Waals surface area contributed by atoms with E-state index in [9.17, 15) is 18.0 Å². The molecule has 0 atom stereocenters. The Morgan fingerprint density at radius 2 is 1.75 bits per heavy atom. The lowest BCUT2D eigenvalue weighted by Gasteiger charge is -2.31. The number of piperidine rings is 1. The predicted molar refractivity (Wildman–Crippen MR) is 117 cm³/mol. The van der Waals surface area contributed by atoms with Gasteiger partial charge in [0.25, 0.3) is 0 Å². The van der Waals surface area contributed by atoms with Crippen molar-refractivity contribution in [2.75, 3.05) is 23.3 Å². The number of carbonyl (C=O) groups is 1. The molecule has 0 aliphatic carbocycles. The van der Waals surface area contributed by atoms with Gasteiger partial charge in [-0.3, -0.25) is 4.79 Å². The van der Waals surface area contributed by atoms with Gasteiger partial charge in [-0.15, -0.1) is 10.2 Å². The fourth-order valence-corrected chi connectivity index (χ4v) is 3.89. The predicted octanol–water partition coefficient (Wildman–Crippen LogP) is 5.33. The monoisotopic (exact) mass is 440 g/mol. The van der Waals surface area contributed by atoms with E-state index in [0.29, 0.717) is 25.9 Å². The quantitative estimate of drug-likeness (QED) is 0.596. The minimum absolute atomic E-state index is 0.157. The lowest BCUT2D eigenvalue weighted by Crippen LogP contribution is -2.38. The molecule has 2 aromatic carbocycles. The van der Waals surface area contributed by atoms with Gasteiger partial charge in [0.15, 0.2) is 5.82 Å². The van der Waals surface area contributed by atoms with E-state index in [1.54, 1.807) is 0 Å². The fraction of sp³-hybridized carbons (Fsp3) is 0.292. The number of aryl methyl sites for hydroxylation is 1. The molecular weight excluding hydrogens is 417 g/mol. The standard InChI is InChI=1S/C24H23F3N4O/c1-16-5-2-3-8-20(16)21-9-10-22(30-29-21)31-13-11-17(12-14-31)23(32)28-19-7-4-6-18(15-19)24(25,26)27/h2-10,15,17H,11-14H2,1H3,(H,28,32). The molecule has 1 aromatic heterocycles. The second-order valence-corrected chi connectivity index (χ2v) is 7.92. The summed E-state index contributed by atoms with van der Waals surface area (Å²) in [4.78, 5) is 14.6. The van der Waals surface area contributed by atoms with Crippen molar-refractivity contribution in [2.24, 2.45) is 5.92 Å². The second kappa shape index (κ2) is 8.98. The first-order valence-corrected chi connectivity index (χ1v) is 10.4. The number of carbonyl (C=O) groups excluding carboxylic acids is 1. The molecular formula is C24H23F3N4O. The summed E-state index contributed by atoms with van der Waals surface area (Å²) in [5.41, 5.74) is 2.35. The van der Waals surface area contributed by atoms with Gasteiger partial charge in [0.1, 0.15) is 0 Å². The van der Waals surface area contributed by atoms with Crippen molar-refractivity contribution in [3.05, 3.63) is 71.8 Å². The summed E-state index contributed by atoms with van der Waals surface area (Å²) < 4.78 is 38.6. The van der Waals surface area contributed by atoms with Crippen molar-refractivity contribution >= 4 is 17.4 Å². The normalized spacial score (nSPS) is 14.9. The van der Waals surface area contributed by atoms with Crippen LogP contribution in [0.4, 0.5) is 24.7 Å². The molecule has 3 aromatic rings. The van der Waals surface area contributed by atoms with Gasteiger partial charge in [0.05, 0.1) is 11.3 Å². The molecule has 32 heavy (non-hydrogen) atoms. The van der Waals surface area contributed by atoms with Crippen molar-refractivity contribution in [1.29, 1.82) is 0 Å². The van der Waals surface area contributed by atoms with Crippen LogP contribution >= 0.6 is 0 Å². The molecule has 0 saturated carbocycles. The van der Waals surface area contributed by atoms with Crippen LogP contribution in [0.5, 0.6) is 0 Å². The Kier molecular flexibility index (Phi) is 6.12. The minimum Gasteiger partial charge on any atom is -0.355 e. The van der Waals surface area contributed by atoms with Gasteiger partial charge in [-0.05, 0) is 55.7 Å². The van der Waals surface area contributed by atoms with Crippen molar-refractivity contribution < 1.29 is 18.0 Å². The Hall–Kier alpha value is -3.42. The molecule has 8 heteroatoms. The molecule has 0 bridgehead atoms. The topological polar surface area (TPSA) is 58.1 Å². The Labute approximate surface area is 184 Å². The lowest BCUT2D eigenvalue weighted by molar-refractivity contribution is -0.137. The van der Waals surface area contributed by atoms with E-state index in [4.69, 9.17) is 0 Å². The van der Waals surface area contributed by atoms with Gasteiger partial charge in [0.2, 0.25) is 5.91 Å². The average Bonchev–Trinajstić information content (AvgIpc) is 2.79. The Morgan fingerprint density at radius 1 is 1.00 bits per heavy atom. The highest BCUT2D eigenvalue weighted by Gasteiger charge is 2.31. The maximum absolute atomic E-state index is 12.9.